The minimum Gasteiger partial charge on any atom is -0.460 e. The summed E-state index contributed by atoms with van der Waals surface area (Å²) in [6.07, 6.45) is 1.79. The van der Waals surface area contributed by atoms with Crippen molar-refractivity contribution in [2.45, 2.75) is 32.6 Å². The average molecular weight is 405 g/mol. The highest BCUT2D eigenvalue weighted by molar-refractivity contribution is 5.87. The van der Waals surface area contributed by atoms with Crippen LogP contribution in [0.4, 0.5) is 0 Å². The zero-order valence-electron chi connectivity index (χ0n) is 17.5. The molecule has 0 N–H and O–H groups in total. The molecule has 1 fully saturated rings. The van der Waals surface area contributed by atoms with Gasteiger partial charge in [0.05, 0.1) is 6.61 Å². The van der Waals surface area contributed by atoms with Crippen molar-refractivity contribution in [1.82, 2.24) is 14.8 Å². The number of rotatable bonds is 9. The summed E-state index contributed by atoms with van der Waals surface area (Å²) in [6, 6.07) is 18.4. The maximum absolute atomic E-state index is 13.3. The number of carbonyl (C=O) groups is 1. The Kier molecular flexibility index (Phi) is 6.23. The van der Waals surface area contributed by atoms with Crippen molar-refractivity contribution < 1.29 is 14.3 Å². The maximum atomic E-state index is 13.3. The molecule has 1 aliphatic rings. The molecule has 4 rings (SSSR count). The van der Waals surface area contributed by atoms with E-state index in [1.54, 1.807) is 0 Å². The Morgan fingerprint density at radius 1 is 1.07 bits per heavy atom. The van der Waals surface area contributed by atoms with Crippen LogP contribution in [0.2, 0.25) is 0 Å². The lowest BCUT2D eigenvalue weighted by atomic mass is 10.1. The van der Waals surface area contributed by atoms with Crippen LogP contribution in [-0.2, 0) is 11.2 Å². The van der Waals surface area contributed by atoms with Crippen molar-refractivity contribution in [3.63, 3.8) is 0 Å². The number of aryl methyl sites for hydroxylation is 1. The molecule has 6 heteroatoms. The fraction of sp³-hybridized carbons (Fsp3) is 0.375. The van der Waals surface area contributed by atoms with E-state index in [4.69, 9.17) is 9.47 Å². The summed E-state index contributed by atoms with van der Waals surface area (Å²) >= 11 is 0. The molecule has 156 valence electrons. The van der Waals surface area contributed by atoms with Crippen LogP contribution in [0.5, 0.6) is 6.01 Å². The molecule has 1 aromatic heterocycles. The molecule has 1 saturated carbocycles. The third kappa shape index (κ3) is 4.44. The first-order valence-electron chi connectivity index (χ1n) is 10.6. The third-order valence-electron chi connectivity index (χ3n) is 5.42. The number of aromatic nitrogens is 3. The van der Waals surface area contributed by atoms with Crippen LogP contribution in [0.1, 0.15) is 42.1 Å². The van der Waals surface area contributed by atoms with Gasteiger partial charge in [-0.1, -0.05) is 61.5 Å². The van der Waals surface area contributed by atoms with E-state index < -0.39 is 0 Å². The quantitative estimate of drug-likeness (QED) is 0.495. The lowest BCUT2D eigenvalue weighted by Gasteiger charge is -2.05. The lowest BCUT2D eigenvalue weighted by Crippen LogP contribution is -2.17. The molecule has 0 radical (unpaired) electrons. The fourth-order valence-corrected chi connectivity index (χ4v) is 3.61. The number of ether oxygens (including phenoxy) is 2. The second-order valence-electron chi connectivity index (χ2n) is 7.42. The molecule has 1 aliphatic carbocycles. The van der Waals surface area contributed by atoms with E-state index in [1.165, 1.54) is 15.8 Å². The lowest BCUT2D eigenvalue weighted by molar-refractivity contribution is 0.0863. The molecule has 0 aliphatic heterocycles. The smallest absolute Gasteiger partial charge is 0.336 e. The van der Waals surface area contributed by atoms with Crippen molar-refractivity contribution in [1.29, 1.82) is 0 Å². The third-order valence-corrected chi connectivity index (χ3v) is 5.42. The fourth-order valence-electron chi connectivity index (χ4n) is 3.61. The van der Waals surface area contributed by atoms with Crippen LogP contribution in [0, 0.1) is 5.92 Å². The molecule has 0 bridgehead atoms. The van der Waals surface area contributed by atoms with Crippen LogP contribution in [0.3, 0.4) is 0 Å². The second-order valence-corrected chi connectivity index (χ2v) is 7.42. The van der Waals surface area contributed by atoms with Gasteiger partial charge in [0.2, 0.25) is 0 Å². The monoisotopic (exact) mass is 405 g/mol. The van der Waals surface area contributed by atoms with Gasteiger partial charge in [0.1, 0.15) is 6.61 Å². The van der Waals surface area contributed by atoms with Crippen LogP contribution in [-0.4, -0.2) is 40.5 Å². The first kappa shape index (κ1) is 20.3. The van der Waals surface area contributed by atoms with E-state index in [0.717, 1.165) is 18.4 Å². The molecular formula is C24H27N3O3. The van der Waals surface area contributed by atoms with Gasteiger partial charge in [-0.25, -0.2) is 0 Å². The van der Waals surface area contributed by atoms with E-state index in [-0.39, 0.29) is 23.8 Å². The normalized spacial score (nSPS) is 17.7. The summed E-state index contributed by atoms with van der Waals surface area (Å²) in [4.78, 5) is 17.8. The highest BCUT2D eigenvalue weighted by Gasteiger charge is 2.45. The first-order chi connectivity index (χ1) is 14.7. The number of nitrogens with zero attached hydrogens (tertiary/aromatic N) is 3. The summed E-state index contributed by atoms with van der Waals surface area (Å²) in [5, 5.41) is 4.39. The Morgan fingerprint density at radius 2 is 1.83 bits per heavy atom. The highest BCUT2D eigenvalue weighted by Crippen LogP contribution is 2.48. The predicted octanol–water partition coefficient (Wildman–Crippen LogP) is 4.37. The molecule has 3 aromatic rings. The van der Waals surface area contributed by atoms with Gasteiger partial charge in [-0.3, -0.25) is 4.79 Å². The van der Waals surface area contributed by atoms with E-state index in [0.29, 0.717) is 25.6 Å². The van der Waals surface area contributed by atoms with Crippen LogP contribution in [0.15, 0.2) is 54.6 Å². The van der Waals surface area contributed by atoms with Crippen molar-refractivity contribution in [2.24, 2.45) is 5.92 Å². The van der Waals surface area contributed by atoms with Crippen molar-refractivity contribution in [3.8, 4) is 17.4 Å². The Morgan fingerprint density at radius 3 is 2.53 bits per heavy atom. The van der Waals surface area contributed by atoms with Crippen LogP contribution < -0.4 is 4.74 Å². The number of carbonyl (C=O) groups excluding carboxylic acids is 1. The largest absolute Gasteiger partial charge is 0.460 e. The molecule has 2 atom stereocenters. The molecule has 6 nitrogen and oxygen atoms in total. The van der Waals surface area contributed by atoms with E-state index in [9.17, 15) is 4.79 Å². The zero-order valence-corrected chi connectivity index (χ0v) is 17.5. The van der Waals surface area contributed by atoms with Gasteiger partial charge in [0.15, 0.2) is 5.82 Å². The number of hydrogen-bond acceptors (Lipinski definition) is 5. The number of benzene rings is 2. The highest BCUT2D eigenvalue weighted by atomic mass is 16.5. The van der Waals surface area contributed by atoms with Gasteiger partial charge >= 0.3 is 6.01 Å². The molecule has 1 heterocycles. The first-order valence-corrected chi connectivity index (χ1v) is 10.6. The van der Waals surface area contributed by atoms with Crippen LogP contribution in [0.25, 0.3) is 11.4 Å². The van der Waals surface area contributed by atoms with Crippen molar-refractivity contribution >= 4 is 5.91 Å². The van der Waals surface area contributed by atoms with Gasteiger partial charge in [-0.15, -0.1) is 5.10 Å². The molecule has 0 amide bonds. The Balaban J connectivity index is 1.58. The van der Waals surface area contributed by atoms with Crippen molar-refractivity contribution in [3.05, 3.63) is 65.7 Å². The predicted molar refractivity (Wildman–Crippen MR) is 115 cm³/mol. The Hall–Kier alpha value is -2.99. The molecule has 30 heavy (non-hydrogen) atoms. The summed E-state index contributed by atoms with van der Waals surface area (Å²) in [5.41, 5.74) is 3.28. The van der Waals surface area contributed by atoms with Gasteiger partial charge in [0.25, 0.3) is 5.91 Å². The minimum atomic E-state index is -0.0842. The Bertz CT molecular complexity index is 983. The average Bonchev–Trinajstić information content (AvgIpc) is 3.49. The standard InChI is InChI=1S/C24H27N3O3/c1-3-17-10-12-19(13-11-17)22-25-24(30-15-14-29-4-2)26-27(22)23(28)21-16-20(21)18-8-6-5-7-9-18/h5-13,20-21H,3-4,14-16H2,1-2H3. The zero-order chi connectivity index (χ0) is 20.9. The summed E-state index contributed by atoms with van der Waals surface area (Å²) < 4.78 is 12.4. The van der Waals surface area contributed by atoms with E-state index in [2.05, 4.69) is 41.3 Å². The Labute approximate surface area is 176 Å². The molecular weight excluding hydrogens is 378 g/mol. The summed E-state index contributed by atoms with van der Waals surface area (Å²) in [5.74, 6) is 0.637. The van der Waals surface area contributed by atoms with Gasteiger partial charge < -0.3 is 9.47 Å². The van der Waals surface area contributed by atoms with Gasteiger partial charge in [-0.2, -0.15) is 9.67 Å². The van der Waals surface area contributed by atoms with Crippen LogP contribution >= 0.6 is 0 Å². The van der Waals surface area contributed by atoms with Gasteiger partial charge in [-0.05, 0) is 36.8 Å². The molecule has 0 spiro atoms. The maximum Gasteiger partial charge on any atom is 0.336 e. The molecule has 2 aromatic carbocycles. The van der Waals surface area contributed by atoms with E-state index in [1.807, 2.05) is 37.3 Å². The number of hydrogen-bond donors (Lipinski definition) is 0. The molecule has 2 unspecified atom stereocenters. The SMILES string of the molecule is CCOCCOc1nc(-c2ccc(CC)cc2)n(C(=O)C2CC2c2ccccc2)n1. The minimum absolute atomic E-state index is 0.0365. The topological polar surface area (TPSA) is 66.2 Å². The molecule has 0 saturated heterocycles. The van der Waals surface area contributed by atoms with Crippen molar-refractivity contribution in [2.75, 3.05) is 19.8 Å². The summed E-state index contributed by atoms with van der Waals surface area (Å²) in [7, 11) is 0. The summed E-state index contributed by atoms with van der Waals surface area (Å²) in [6.45, 7) is 5.47. The van der Waals surface area contributed by atoms with Gasteiger partial charge in [0, 0.05) is 18.1 Å². The second kappa shape index (κ2) is 9.22. The van der Waals surface area contributed by atoms with E-state index >= 15 is 0 Å².